The van der Waals surface area contributed by atoms with E-state index < -0.39 is 0 Å². The van der Waals surface area contributed by atoms with E-state index in [0.29, 0.717) is 0 Å². The summed E-state index contributed by atoms with van der Waals surface area (Å²) in [6.07, 6.45) is 0. The number of fused-ring (bicyclic) bond motifs is 5. The van der Waals surface area contributed by atoms with Gasteiger partial charge in [0.1, 0.15) is 16.9 Å². The van der Waals surface area contributed by atoms with Crippen LogP contribution in [0.4, 0.5) is 0 Å². The highest BCUT2D eigenvalue weighted by Gasteiger charge is 2.27. The minimum absolute atomic E-state index is 0.770. The van der Waals surface area contributed by atoms with Gasteiger partial charge >= 0.3 is 11.2 Å². The molecule has 0 bridgehead atoms. The lowest BCUT2D eigenvalue weighted by Gasteiger charge is -2.16. The van der Waals surface area contributed by atoms with Crippen LogP contribution in [-0.4, -0.2) is 14.2 Å². The molecule has 1 heterocycles. The van der Waals surface area contributed by atoms with E-state index in [0.717, 1.165) is 66.1 Å². The Hall–Kier alpha value is -4.11. The number of ether oxygens (including phenoxy) is 2. The van der Waals surface area contributed by atoms with Crippen molar-refractivity contribution < 1.29 is 13.9 Å². The van der Waals surface area contributed by atoms with Crippen LogP contribution in [0.2, 0.25) is 0 Å². The van der Waals surface area contributed by atoms with E-state index >= 15 is 0 Å². The molecule has 0 aliphatic carbocycles. The van der Waals surface area contributed by atoms with Crippen LogP contribution in [-0.2, 0) is 0 Å². The summed E-state index contributed by atoms with van der Waals surface area (Å²) in [5.74, 6) is 1.59. The molecule has 6 rings (SSSR count). The quantitative estimate of drug-likeness (QED) is 0.167. The topological polar surface area (TPSA) is 29.8 Å². The molecule has 0 saturated carbocycles. The third kappa shape index (κ3) is 2.64. The molecule has 0 aliphatic rings. The number of hydrogen-bond donors (Lipinski definition) is 0. The van der Waals surface area contributed by atoms with E-state index in [4.69, 9.17) is 13.9 Å². The Morgan fingerprint density at radius 2 is 1.16 bits per heavy atom. The first-order valence-corrected chi connectivity index (χ1v) is 10.6. The third-order valence-corrected chi connectivity index (χ3v) is 6.18. The third-order valence-electron chi connectivity index (χ3n) is 6.18. The van der Waals surface area contributed by atoms with Crippen molar-refractivity contribution in [3.63, 3.8) is 0 Å². The lowest BCUT2D eigenvalue weighted by Crippen LogP contribution is -1.95. The van der Waals surface area contributed by atoms with Crippen LogP contribution in [0.5, 0.6) is 11.5 Å². The second-order valence-electron chi connectivity index (χ2n) is 7.83. The van der Waals surface area contributed by atoms with Gasteiger partial charge in [0, 0.05) is 23.3 Å². The van der Waals surface area contributed by atoms with Crippen LogP contribution in [0.15, 0.2) is 95.4 Å². The first kappa shape index (κ1) is 18.6. The molecule has 5 aromatic carbocycles. The summed E-state index contributed by atoms with van der Waals surface area (Å²) in [5.41, 5.74) is 3.70. The van der Waals surface area contributed by atoms with Crippen LogP contribution >= 0.6 is 0 Å². The largest absolute Gasteiger partial charge is 0.496 e. The minimum atomic E-state index is 0.770. The summed E-state index contributed by atoms with van der Waals surface area (Å²) in [6, 6.07) is 31.1. The SMILES string of the molecule is COc1ccc2ccccc2c1-c1c2c(OC)cccc2[o+]c2ccc3ccccc3c12. The van der Waals surface area contributed by atoms with Crippen LogP contribution < -0.4 is 9.47 Å². The van der Waals surface area contributed by atoms with E-state index in [1.165, 1.54) is 0 Å². The second kappa shape index (κ2) is 7.24. The molecule has 0 fully saturated rings. The van der Waals surface area contributed by atoms with Crippen molar-refractivity contribution in [1.29, 1.82) is 0 Å². The first-order chi connectivity index (χ1) is 15.8. The fourth-order valence-electron chi connectivity index (χ4n) is 4.78. The predicted molar refractivity (Wildman–Crippen MR) is 132 cm³/mol. The molecule has 0 N–H and O–H groups in total. The van der Waals surface area contributed by atoms with Crippen molar-refractivity contribution in [2.45, 2.75) is 0 Å². The summed E-state index contributed by atoms with van der Waals surface area (Å²) in [5, 5.41) is 6.56. The van der Waals surface area contributed by atoms with Crippen molar-refractivity contribution in [2.24, 2.45) is 0 Å². The Bertz CT molecular complexity index is 1650. The maximum atomic E-state index is 6.42. The summed E-state index contributed by atoms with van der Waals surface area (Å²) >= 11 is 0. The molecule has 0 radical (unpaired) electrons. The average molecular weight is 417 g/mol. The molecular weight excluding hydrogens is 396 g/mol. The van der Waals surface area contributed by atoms with E-state index in [1.807, 2.05) is 24.3 Å². The minimum Gasteiger partial charge on any atom is -0.496 e. The van der Waals surface area contributed by atoms with Crippen LogP contribution in [0.1, 0.15) is 0 Å². The van der Waals surface area contributed by atoms with Gasteiger partial charge in [-0.3, -0.25) is 0 Å². The molecule has 0 atom stereocenters. The maximum Gasteiger partial charge on any atom is 0.365 e. The normalized spacial score (nSPS) is 11.4. The van der Waals surface area contributed by atoms with Crippen molar-refractivity contribution in [3.8, 4) is 22.6 Å². The lowest BCUT2D eigenvalue weighted by atomic mass is 9.90. The molecule has 154 valence electrons. The van der Waals surface area contributed by atoms with Crippen molar-refractivity contribution >= 4 is 43.5 Å². The van der Waals surface area contributed by atoms with Crippen LogP contribution in [0, 0.1) is 0 Å². The van der Waals surface area contributed by atoms with Crippen LogP contribution in [0.3, 0.4) is 0 Å². The van der Waals surface area contributed by atoms with Gasteiger partial charge in [-0.1, -0.05) is 54.6 Å². The molecule has 0 aliphatic heterocycles. The van der Waals surface area contributed by atoms with E-state index in [9.17, 15) is 0 Å². The van der Waals surface area contributed by atoms with Gasteiger partial charge in [-0.2, -0.15) is 0 Å². The highest BCUT2D eigenvalue weighted by molar-refractivity contribution is 6.23. The average Bonchev–Trinajstić information content (AvgIpc) is 2.86. The molecule has 1 aromatic heterocycles. The summed E-state index contributed by atoms with van der Waals surface area (Å²) < 4.78 is 18.2. The molecule has 0 saturated heterocycles. The smallest absolute Gasteiger partial charge is 0.365 e. The zero-order valence-corrected chi connectivity index (χ0v) is 17.9. The Balaban J connectivity index is 1.97. The molecule has 0 unspecified atom stereocenters. The van der Waals surface area contributed by atoms with Crippen molar-refractivity contribution in [1.82, 2.24) is 0 Å². The Labute approximate surface area is 185 Å². The summed E-state index contributed by atoms with van der Waals surface area (Å²) in [4.78, 5) is 0. The van der Waals surface area contributed by atoms with Crippen LogP contribution in [0.25, 0.3) is 54.6 Å². The van der Waals surface area contributed by atoms with Crippen molar-refractivity contribution in [2.75, 3.05) is 14.2 Å². The fraction of sp³-hybridized carbons (Fsp3) is 0.0690. The standard InChI is InChI=1S/C29H21O3/c1-30-22-12-7-13-24-28(22)29(26-20-10-5-3-8-18(20)14-16-23(26)31-2)27-21-11-6-4-9-19(21)15-17-25(27)32-24/h3-17H,1-2H3/q+1. The summed E-state index contributed by atoms with van der Waals surface area (Å²) in [6.45, 7) is 0. The number of benzene rings is 5. The van der Waals surface area contributed by atoms with Gasteiger partial charge in [0.2, 0.25) is 0 Å². The van der Waals surface area contributed by atoms with Gasteiger partial charge in [0.25, 0.3) is 0 Å². The van der Waals surface area contributed by atoms with Gasteiger partial charge in [-0.05, 0) is 45.8 Å². The van der Waals surface area contributed by atoms with Gasteiger partial charge in [-0.25, -0.2) is 4.42 Å². The van der Waals surface area contributed by atoms with E-state index in [-0.39, 0.29) is 0 Å². The molecule has 3 nitrogen and oxygen atoms in total. The first-order valence-electron chi connectivity index (χ1n) is 10.6. The highest BCUT2D eigenvalue weighted by atomic mass is 16.5. The number of hydrogen-bond acceptors (Lipinski definition) is 2. The monoisotopic (exact) mass is 417 g/mol. The predicted octanol–water partition coefficient (Wildman–Crippen LogP) is 7.86. The zero-order valence-electron chi connectivity index (χ0n) is 17.9. The summed E-state index contributed by atoms with van der Waals surface area (Å²) in [7, 11) is 3.42. The molecule has 3 heteroatoms. The highest BCUT2D eigenvalue weighted by Crippen LogP contribution is 2.48. The molecule has 0 spiro atoms. The molecular formula is C29H21O3+. The fourth-order valence-corrected chi connectivity index (χ4v) is 4.78. The van der Waals surface area contributed by atoms with Gasteiger partial charge in [0.05, 0.1) is 19.6 Å². The lowest BCUT2D eigenvalue weighted by molar-refractivity contribution is 0.416. The van der Waals surface area contributed by atoms with Gasteiger partial charge in [-0.15, -0.1) is 0 Å². The Morgan fingerprint density at radius 1 is 0.500 bits per heavy atom. The van der Waals surface area contributed by atoms with Crippen molar-refractivity contribution in [3.05, 3.63) is 91.0 Å². The van der Waals surface area contributed by atoms with Gasteiger partial charge < -0.3 is 9.47 Å². The number of methoxy groups -OCH3 is 2. The zero-order chi connectivity index (χ0) is 21.7. The molecule has 0 amide bonds. The van der Waals surface area contributed by atoms with E-state index in [1.54, 1.807) is 14.2 Å². The number of rotatable bonds is 3. The maximum absolute atomic E-state index is 6.42. The molecule has 6 aromatic rings. The second-order valence-corrected chi connectivity index (χ2v) is 7.83. The molecule has 32 heavy (non-hydrogen) atoms. The Kier molecular flexibility index (Phi) is 4.22. The van der Waals surface area contributed by atoms with Gasteiger partial charge in [0.15, 0.2) is 0 Å². The van der Waals surface area contributed by atoms with E-state index in [2.05, 4.69) is 66.7 Å². The Morgan fingerprint density at radius 3 is 1.94 bits per heavy atom.